The number of aliphatic imine (C=N–C) groups is 2. The van der Waals surface area contributed by atoms with Crippen molar-refractivity contribution < 1.29 is 4.74 Å². The number of hydrogen-bond donors (Lipinski definition) is 3. The molecule has 1 rings (SSSR count). The van der Waals surface area contributed by atoms with Gasteiger partial charge in [0.15, 0.2) is 11.9 Å². The predicted molar refractivity (Wildman–Crippen MR) is 120 cm³/mol. The lowest BCUT2D eigenvalue weighted by molar-refractivity contribution is 0.414. The first kappa shape index (κ1) is 27.6. The van der Waals surface area contributed by atoms with Crippen LogP contribution in [0.2, 0.25) is 0 Å². The third-order valence-electron chi connectivity index (χ3n) is 3.89. The first-order chi connectivity index (χ1) is 12.2. The lowest BCUT2D eigenvalue weighted by Gasteiger charge is -2.05. The summed E-state index contributed by atoms with van der Waals surface area (Å²) >= 11 is 0. The molecule has 0 aromatic heterocycles. The summed E-state index contributed by atoms with van der Waals surface area (Å²) < 4.78 is 5.12. The Kier molecular flexibility index (Phi) is 18.1. The van der Waals surface area contributed by atoms with E-state index in [1.165, 1.54) is 38.5 Å². The Labute approximate surface area is 176 Å². The maximum Gasteiger partial charge on any atom is 0.195 e. The van der Waals surface area contributed by atoms with Gasteiger partial charge in [-0.05, 0) is 24.1 Å². The minimum atomic E-state index is 0. The Balaban J connectivity index is 0. The van der Waals surface area contributed by atoms with Gasteiger partial charge in [0.2, 0.25) is 0 Å². The molecule has 0 unspecified atom stereocenters. The lowest BCUT2D eigenvalue weighted by atomic mass is 10.1. The molecule has 0 aliphatic rings. The van der Waals surface area contributed by atoms with E-state index in [0.717, 1.165) is 24.3 Å². The van der Waals surface area contributed by atoms with Gasteiger partial charge in [0.05, 0.1) is 13.7 Å². The largest absolute Gasteiger partial charge is 0.497 e. The maximum atomic E-state index is 5.83. The van der Waals surface area contributed by atoms with Gasteiger partial charge in [0, 0.05) is 6.54 Å². The van der Waals surface area contributed by atoms with E-state index in [0.29, 0.717) is 12.5 Å². The highest BCUT2D eigenvalue weighted by atomic mass is 35.5. The number of ether oxygens (including phenoxy) is 1. The number of nitrogens with zero attached hydrogens (tertiary/aromatic N) is 2. The zero-order valence-electron chi connectivity index (χ0n) is 16.4. The Morgan fingerprint density at radius 3 is 2.04 bits per heavy atom. The predicted octanol–water partition coefficient (Wildman–Crippen LogP) is 4.01. The molecule has 8 heteroatoms. The van der Waals surface area contributed by atoms with Crippen LogP contribution in [0.1, 0.15) is 57.4 Å². The Morgan fingerprint density at radius 1 is 0.889 bits per heavy atom. The van der Waals surface area contributed by atoms with Crippen LogP contribution in [-0.2, 0) is 6.54 Å². The van der Waals surface area contributed by atoms with E-state index in [9.17, 15) is 0 Å². The lowest BCUT2D eigenvalue weighted by Crippen LogP contribution is -2.41. The average Bonchev–Trinajstić information content (AvgIpc) is 2.62. The van der Waals surface area contributed by atoms with E-state index in [1.54, 1.807) is 7.11 Å². The molecular weight excluding hydrogens is 385 g/mol. The fraction of sp³-hybridized carbons (Fsp3) is 0.579. The van der Waals surface area contributed by atoms with Gasteiger partial charge in [0.1, 0.15) is 5.75 Å². The minimum Gasteiger partial charge on any atom is -0.497 e. The van der Waals surface area contributed by atoms with Crippen molar-refractivity contribution >= 4 is 36.7 Å². The number of benzene rings is 1. The van der Waals surface area contributed by atoms with Gasteiger partial charge in [-0.25, -0.2) is 4.99 Å². The van der Waals surface area contributed by atoms with Gasteiger partial charge in [-0.15, -0.1) is 24.8 Å². The summed E-state index contributed by atoms with van der Waals surface area (Å²) in [6, 6.07) is 7.69. The molecule has 0 bridgehead atoms. The van der Waals surface area contributed by atoms with Gasteiger partial charge < -0.3 is 16.2 Å². The van der Waals surface area contributed by atoms with Crippen molar-refractivity contribution in [1.29, 1.82) is 0 Å². The SMILES string of the molecule is CCCCCCCCCN=C(N)NC(N)=NCc1ccc(OC)cc1.Cl.Cl. The van der Waals surface area contributed by atoms with Gasteiger partial charge >= 0.3 is 0 Å². The molecule has 0 fully saturated rings. The summed E-state index contributed by atoms with van der Waals surface area (Å²) in [5.41, 5.74) is 12.7. The number of halogens is 2. The van der Waals surface area contributed by atoms with Gasteiger partial charge in [-0.3, -0.25) is 10.3 Å². The fourth-order valence-electron chi connectivity index (χ4n) is 2.39. The molecule has 0 atom stereocenters. The summed E-state index contributed by atoms with van der Waals surface area (Å²) in [5, 5.41) is 2.82. The highest BCUT2D eigenvalue weighted by Gasteiger charge is 1.97. The van der Waals surface area contributed by atoms with Crippen LogP contribution in [-0.4, -0.2) is 25.6 Å². The van der Waals surface area contributed by atoms with Crippen LogP contribution in [0.25, 0.3) is 0 Å². The monoisotopic (exact) mass is 419 g/mol. The summed E-state index contributed by atoms with van der Waals surface area (Å²) in [5.74, 6) is 1.42. The van der Waals surface area contributed by atoms with Gasteiger partial charge in [0.25, 0.3) is 0 Å². The molecule has 0 radical (unpaired) electrons. The Morgan fingerprint density at radius 2 is 1.44 bits per heavy atom. The van der Waals surface area contributed by atoms with Gasteiger partial charge in [-0.2, -0.15) is 0 Å². The summed E-state index contributed by atoms with van der Waals surface area (Å²) in [6.45, 7) is 3.43. The van der Waals surface area contributed by atoms with Crippen LogP contribution in [0.15, 0.2) is 34.3 Å². The van der Waals surface area contributed by atoms with Crippen LogP contribution in [0.4, 0.5) is 0 Å². The summed E-state index contributed by atoms with van der Waals surface area (Å²) in [7, 11) is 1.64. The highest BCUT2D eigenvalue weighted by molar-refractivity contribution is 5.97. The second-order valence-corrected chi connectivity index (χ2v) is 6.06. The van der Waals surface area contributed by atoms with E-state index < -0.39 is 0 Å². The zero-order valence-corrected chi connectivity index (χ0v) is 18.1. The van der Waals surface area contributed by atoms with Crippen LogP contribution in [0, 0.1) is 0 Å². The molecule has 1 aromatic carbocycles. The zero-order chi connectivity index (χ0) is 18.3. The van der Waals surface area contributed by atoms with E-state index in [2.05, 4.69) is 22.2 Å². The smallest absolute Gasteiger partial charge is 0.195 e. The molecule has 5 N–H and O–H groups in total. The molecule has 0 amide bonds. The molecule has 6 nitrogen and oxygen atoms in total. The quantitative estimate of drug-likeness (QED) is 0.286. The minimum absolute atomic E-state index is 0. The van der Waals surface area contributed by atoms with Crippen LogP contribution in [0.3, 0.4) is 0 Å². The molecule has 0 aliphatic carbocycles. The van der Waals surface area contributed by atoms with Crippen LogP contribution < -0.4 is 21.5 Å². The number of nitrogens with two attached hydrogens (primary N) is 2. The first-order valence-corrected chi connectivity index (χ1v) is 9.15. The average molecular weight is 420 g/mol. The topological polar surface area (TPSA) is 98.0 Å². The third kappa shape index (κ3) is 14.1. The molecule has 0 aliphatic heterocycles. The third-order valence-corrected chi connectivity index (χ3v) is 3.89. The van der Waals surface area contributed by atoms with Crippen molar-refractivity contribution in [2.45, 2.75) is 58.4 Å². The van der Waals surface area contributed by atoms with Crippen LogP contribution >= 0.6 is 24.8 Å². The van der Waals surface area contributed by atoms with Crippen LogP contribution in [0.5, 0.6) is 5.75 Å². The molecule has 0 saturated carbocycles. The molecule has 0 spiro atoms. The van der Waals surface area contributed by atoms with Crippen molar-refractivity contribution in [3.63, 3.8) is 0 Å². The standard InChI is InChI=1S/C19H33N5O.2ClH/c1-3-4-5-6-7-8-9-14-22-18(20)24-19(21)23-15-16-10-12-17(25-2)13-11-16;;/h10-13H,3-9,14-15H2,1-2H3,(H5,20,21,22,23,24);2*1H. The van der Waals surface area contributed by atoms with Gasteiger partial charge in [-0.1, -0.05) is 57.6 Å². The number of nitrogens with one attached hydrogen (secondary N) is 1. The fourth-order valence-corrected chi connectivity index (χ4v) is 2.39. The number of guanidine groups is 2. The summed E-state index contributed by atoms with van der Waals surface area (Å²) in [6.07, 6.45) is 8.80. The van der Waals surface area contributed by atoms with E-state index in [-0.39, 0.29) is 30.8 Å². The van der Waals surface area contributed by atoms with Crippen molar-refractivity contribution in [3.05, 3.63) is 29.8 Å². The number of hydrogen-bond acceptors (Lipinski definition) is 3. The van der Waals surface area contributed by atoms with E-state index in [4.69, 9.17) is 16.2 Å². The molecular formula is C19H35Cl2N5O. The van der Waals surface area contributed by atoms with Crippen molar-refractivity contribution in [2.75, 3.05) is 13.7 Å². The first-order valence-electron chi connectivity index (χ1n) is 9.15. The maximum absolute atomic E-state index is 5.83. The highest BCUT2D eigenvalue weighted by Crippen LogP contribution is 2.11. The second-order valence-electron chi connectivity index (χ2n) is 6.06. The molecule has 0 saturated heterocycles. The van der Waals surface area contributed by atoms with Crippen molar-refractivity contribution in [1.82, 2.24) is 5.32 Å². The molecule has 156 valence electrons. The number of unbranched alkanes of at least 4 members (excludes halogenated alkanes) is 6. The second kappa shape index (κ2) is 17.7. The van der Waals surface area contributed by atoms with E-state index >= 15 is 0 Å². The Hall–Kier alpha value is -1.66. The summed E-state index contributed by atoms with van der Waals surface area (Å²) in [4.78, 5) is 8.54. The Bertz CT molecular complexity index is 535. The normalized spacial score (nSPS) is 11.3. The van der Waals surface area contributed by atoms with Crippen molar-refractivity contribution in [2.24, 2.45) is 21.5 Å². The van der Waals surface area contributed by atoms with E-state index in [1.807, 2.05) is 24.3 Å². The number of rotatable bonds is 11. The molecule has 27 heavy (non-hydrogen) atoms. The number of methoxy groups -OCH3 is 1. The molecule has 0 heterocycles. The van der Waals surface area contributed by atoms with Crippen molar-refractivity contribution in [3.8, 4) is 5.75 Å². The molecule has 1 aromatic rings.